The normalized spacial score (nSPS) is 11.6. The Bertz CT molecular complexity index is 1460. The average molecular weight is 562 g/mol. The Labute approximate surface area is 240 Å². The average Bonchev–Trinajstić information content (AvgIpc) is 3.38. The number of nitrogens with one attached hydrogen (secondary N) is 2. The van der Waals surface area contributed by atoms with Gasteiger partial charge >= 0.3 is 0 Å². The van der Waals surface area contributed by atoms with E-state index in [2.05, 4.69) is 41.6 Å². The third kappa shape index (κ3) is 6.71. The van der Waals surface area contributed by atoms with Gasteiger partial charge in [0.25, 0.3) is 5.91 Å². The fourth-order valence-corrected chi connectivity index (χ4v) is 4.37. The van der Waals surface area contributed by atoms with Crippen molar-refractivity contribution in [3.63, 3.8) is 0 Å². The Morgan fingerprint density at radius 1 is 0.925 bits per heavy atom. The minimum Gasteiger partial charge on any atom is -0.490 e. The molecule has 0 spiro atoms. The minimum absolute atomic E-state index is 0.155. The Morgan fingerprint density at radius 3 is 2.17 bits per heavy atom. The lowest BCUT2D eigenvalue weighted by molar-refractivity contribution is 0.0976. The topological polar surface area (TPSA) is 94.9 Å². The molecule has 1 heterocycles. The maximum Gasteiger partial charge on any atom is 0.257 e. The molecule has 210 valence electrons. The second kappa shape index (κ2) is 13.3. The number of aromatic nitrogens is 1. The van der Waals surface area contributed by atoms with Gasteiger partial charge in [-0.25, -0.2) is 4.98 Å². The molecule has 2 N–H and O–H groups in total. The number of carbonyl (C=O) groups is 1. The zero-order valence-corrected chi connectivity index (χ0v) is 24.3. The summed E-state index contributed by atoms with van der Waals surface area (Å²) in [6.07, 6.45) is 1.07. The first-order valence-corrected chi connectivity index (χ1v) is 14.0. The molecule has 0 saturated carbocycles. The molecule has 0 radical (unpaired) electrons. The molecule has 40 heavy (non-hydrogen) atoms. The van der Waals surface area contributed by atoms with E-state index < -0.39 is 5.91 Å². The summed E-state index contributed by atoms with van der Waals surface area (Å²) in [4.78, 5) is 17.7. The van der Waals surface area contributed by atoms with Gasteiger partial charge in [-0.1, -0.05) is 19.9 Å². The number of oxazole rings is 1. The number of hydrogen-bond acceptors (Lipinski definition) is 7. The fraction of sp³-hybridized carbons (Fsp3) is 0.323. The minimum atomic E-state index is -0.401. The SMILES string of the molecule is CCOc1cc(C(=O)NC(=S)Nc2ccc(-c3nc4cc(C(C)CC)ccc4o3)cc2)cc(OCC)c1OCC. The van der Waals surface area contributed by atoms with Crippen LogP contribution in [0.1, 0.15) is 62.9 Å². The van der Waals surface area contributed by atoms with E-state index in [1.54, 1.807) is 12.1 Å². The third-order valence-corrected chi connectivity index (χ3v) is 6.59. The number of carbonyl (C=O) groups excluding carboxylic acids is 1. The zero-order chi connectivity index (χ0) is 28.6. The highest BCUT2D eigenvalue weighted by Crippen LogP contribution is 2.39. The number of nitrogens with zero attached hydrogens (tertiary/aromatic N) is 1. The van der Waals surface area contributed by atoms with Crippen molar-refractivity contribution in [1.82, 2.24) is 10.3 Å². The molecule has 1 aromatic heterocycles. The van der Waals surface area contributed by atoms with Gasteiger partial charge in [0.05, 0.1) is 19.8 Å². The Hall–Kier alpha value is -4.11. The second-order valence-electron chi connectivity index (χ2n) is 9.14. The summed E-state index contributed by atoms with van der Waals surface area (Å²) in [5.41, 5.74) is 4.72. The summed E-state index contributed by atoms with van der Waals surface area (Å²) in [5.74, 6) is 1.95. The molecule has 4 rings (SSSR count). The van der Waals surface area contributed by atoms with Gasteiger partial charge in [-0.3, -0.25) is 10.1 Å². The van der Waals surface area contributed by atoms with E-state index >= 15 is 0 Å². The predicted molar refractivity (Wildman–Crippen MR) is 162 cm³/mol. The van der Waals surface area contributed by atoms with Crippen LogP contribution < -0.4 is 24.8 Å². The van der Waals surface area contributed by atoms with Crippen molar-refractivity contribution >= 4 is 40.0 Å². The van der Waals surface area contributed by atoms with Crippen LogP contribution in [0.5, 0.6) is 17.2 Å². The lowest BCUT2D eigenvalue weighted by Gasteiger charge is -2.17. The summed E-state index contributed by atoms with van der Waals surface area (Å²) in [7, 11) is 0. The molecule has 0 fully saturated rings. The molecular weight excluding hydrogens is 526 g/mol. The van der Waals surface area contributed by atoms with E-state index in [1.165, 1.54) is 5.56 Å². The van der Waals surface area contributed by atoms with E-state index in [9.17, 15) is 4.79 Å². The number of hydrogen-bond donors (Lipinski definition) is 2. The maximum atomic E-state index is 13.0. The fourth-order valence-electron chi connectivity index (χ4n) is 4.16. The number of ether oxygens (including phenoxy) is 3. The highest BCUT2D eigenvalue weighted by atomic mass is 32.1. The van der Waals surface area contributed by atoms with E-state index in [-0.39, 0.29) is 5.11 Å². The van der Waals surface area contributed by atoms with E-state index in [0.717, 1.165) is 23.1 Å². The molecular formula is C31H35N3O5S. The van der Waals surface area contributed by atoms with Crippen LogP contribution in [-0.2, 0) is 0 Å². The van der Waals surface area contributed by atoms with E-state index in [0.29, 0.717) is 60.1 Å². The molecule has 0 aliphatic carbocycles. The number of fused-ring (bicyclic) bond motifs is 1. The van der Waals surface area contributed by atoms with Crippen molar-refractivity contribution in [2.45, 2.75) is 47.0 Å². The molecule has 3 aromatic carbocycles. The van der Waals surface area contributed by atoms with Gasteiger partial charge in [0.1, 0.15) is 5.52 Å². The molecule has 0 aliphatic heterocycles. The number of thiocarbonyl (C=S) groups is 1. The molecule has 9 heteroatoms. The molecule has 1 atom stereocenters. The van der Waals surface area contributed by atoms with E-state index in [1.807, 2.05) is 51.1 Å². The first kappa shape index (κ1) is 28.9. The van der Waals surface area contributed by atoms with Crippen molar-refractivity contribution in [3.05, 3.63) is 65.7 Å². The van der Waals surface area contributed by atoms with Crippen LogP contribution >= 0.6 is 12.2 Å². The molecule has 4 aromatic rings. The summed E-state index contributed by atoms with van der Waals surface area (Å²) in [5, 5.41) is 5.92. The Morgan fingerprint density at radius 2 is 1.57 bits per heavy atom. The monoisotopic (exact) mass is 561 g/mol. The van der Waals surface area contributed by atoms with Gasteiger partial charge in [0.2, 0.25) is 11.6 Å². The maximum absolute atomic E-state index is 13.0. The van der Waals surface area contributed by atoms with Crippen LogP contribution in [0.2, 0.25) is 0 Å². The summed E-state index contributed by atoms with van der Waals surface area (Å²) >= 11 is 5.40. The van der Waals surface area contributed by atoms with Crippen LogP contribution in [0.4, 0.5) is 5.69 Å². The third-order valence-electron chi connectivity index (χ3n) is 6.38. The van der Waals surface area contributed by atoms with Gasteiger partial charge in [0, 0.05) is 16.8 Å². The molecule has 0 aliphatic rings. The number of amides is 1. The Kier molecular flexibility index (Phi) is 9.60. The number of benzene rings is 3. The number of anilines is 1. The van der Waals surface area contributed by atoms with Crippen LogP contribution in [0.15, 0.2) is 59.0 Å². The molecule has 1 unspecified atom stereocenters. The van der Waals surface area contributed by atoms with Gasteiger partial charge in [-0.15, -0.1) is 0 Å². The van der Waals surface area contributed by atoms with Crippen LogP contribution in [0, 0.1) is 0 Å². The number of rotatable bonds is 11. The standard InChI is InChI=1S/C31H35N3O5S/c1-6-19(5)21-12-15-25-24(16-21)33-30(39-25)20-10-13-23(14-11-20)32-31(40)34-29(35)22-17-26(36-7-2)28(38-9-4)27(18-22)37-8-3/h10-19H,6-9H2,1-5H3,(H2,32,34,35,40). The first-order chi connectivity index (χ1) is 19.4. The highest BCUT2D eigenvalue weighted by molar-refractivity contribution is 7.80. The van der Waals surface area contributed by atoms with Gasteiger partial charge in [0.15, 0.2) is 22.2 Å². The van der Waals surface area contributed by atoms with Crippen LogP contribution in [0.3, 0.4) is 0 Å². The van der Waals surface area contributed by atoms with Gasteiger partial charge in [-0.2, -0.15) is 0 Å². The molecule has 0 saturated heterocycles. The summed E-state index contributed by atoms with van der Waals surface area (Å²) in [6, 6.07) is 16.9. The van der Waals surface area contributed by atoms with Crippen LogP contribution in [0.25, 0.3) is 22.6 Å². The quantitative estimate of drug-likeness (QED) is 0.184. The molecule has 0 bridgehead atoms. The van der Waals surface area contributed by atoms with Crippen molar-refractivity contribution in [3.8, 4) is 28.7 Å². The van der Waals surface area contributed by atoms with Crippen molar-refractivity contribution < 1.29 is 23.4 Å². The predicted octanol–water partition coefficient (Wildman–Crippen LogP) is 7.33. The molecule has 1 amide bonds. The summed E-state index contributed by atoms with van der Waals surface area (Å²) in [6.45, 7) is 11.2. The first-order valence-electron chi connectivity index (χ1n) is 13.6. The largest absolute Gasteiger partial charge is 0.490 e. The lowest BCUT2D eigenvalue weighted by Crippen LogP contribution is -2.34. The van der Waals surface area contributed by atoms with Gasteiger partial charge in [-0.05, 0) is 99.4 Å². The van der Waals surface area contributed by atoms with Crippen molar-refractivity contribution in [1.29, 1.82) is 0 Å². The van der Waals surface area contributed by atoms with Gasteiger partial charge < -0.3 is 23.9 Å². The van der Waals surface area contributed by atoms with Crippen molar-refractivity contribution in [2.24, 2.45) is 0 Å². The van der Waals surface area contributed by atoms with Crippen molar-refractivity contribution in [2.75, 3.05) is 25.1 Å². The highest BCUT2D eigenvalue weighted by Gasteiger charge is 2.19. The molecule has 8 nitrogen and oxygen atoms in total. The second-order valence-corrected chi connectivity index (χ2v) is 9.55. The van der Waals surface area contributed by atoms with Crippen LogP contribution in [-0.4, -0.2) is 35.8 Å². The summed E-state index contributed by atoms with van der Waals surface area (Å²) < 4.78 is 23.1. The lowest BCUT2D eigenvalue weighted by atomic mass is 9.98. The van der Waals surface area contributed by atoms with E-state index in [4.69, 9.17) is 30.8 Å². The smallest absolute Gasteiger partial charge is 0.257 e. The Balaban J connectivity index is 1.45. The zero-order valence-electron chi connectivity index (χ0n) is 23.5.